The number of hydrogen-bond acceptors (Lipinski definition) is 4. The fourth-order valence-corrected chi connectivity index (χ4v) is 7.85. The van der Waals surface area contributed by atoms with Crippen molar-refractivity contribution in [3.63, 3.8) is 0 Å². The van der Waals surface area contributed by atoms with Gasteiger partial charge in [0.15, 0.2) is 10.5 Å². The number of alkyl halides is 3. The minimum atomic E-state index is -4.74. The molecule has 0 aliphatic heterocycles. The minimum absolute atomic E-state index is 0.160. The zero-order chi connectivity index (χ0) is 21.5. The lowest BCUT2D eigenvalue weighted by Gasteiger charge is -2.59. The summed E-state index contributed by atoms with van der Waals surface area (Å²) in [7, 11) is 0. The maximum atomic E-state index is 13.5. The molecule has 0 spiro atoms. The summed E-state index contributed by atoms with van der Waals surface area (Å²) in [4.78, 5) is 26.6. The molecule has 5 aliphatic carbocycles. The predicted octanol–water partition coefficient (Wildman–Crippen LogP) is 5.94. The number of hydrogen-bond donors (Lipinski definition) is 0. The van der Waals surface area contributed by atoms with Gasteiger partial charge in [0.05, 0.1) is 0 Å². The Hall–Kier alpha value is -1.02. The molecule has 0 N–H and O–H groups in total. The van der Waals surface area contributed by atoms with E-state index >= 15 is 0 Å². The first kappa shape index (κ1) is 20.9. The third-order valence-electron chi connectivity index (χ3n) is 7.81. The van der Waals surface area contributed by atoms with E-state index in [4.69, 9.17) is 4.74 Å². The second kappa shape index (κ2) is 6.74. The summed E-state index contributed by atoms with van der Waals surface area (Å²) in [6.45, 7) is 1.88. The van der Waals surface area contributed by atoms with Crippen molar-refractivity contribution in [2.24, 2.45) is 23.7 Å². The summed E-state index contributed by atoms with van der Waals surface area (Å²) in [6.07, 6.45) is 4.74. The van der Waals surface area contributed by atoms with E-state index in [0.29, 0.717) is 21.9 Å². The Kier molecular flexibility index (Phi) is 4.68. The number of ketones is 1. The zero-order valence-electron chi connectivity index (χ0n) is 16.4. The predicted molar refractivity (Wildman–Crippen MR) is 110 cm³/mol. The van der Waals surface area contributed by atoms with Crippen molar-refractivity contribution < 1.29 is 27.5 Å². The van der Waals surface area contributed by atoms with Crippen LogP contribution in [0.5, 0.6) is 0 Å². The highest BCUT2D eigenvalue weighted by molar-refractivity contribution is 9.10. The van der Waals surface area contributed by atoms with E-state index in [1.165, 1.54) is 12.5 Å². The van der Waals surface area contributed by atoms with Gasteiger partial charge in [-0.2, -0.15) is 13.2 Å². The summed E-state index contributed by atoms with van der Waals surface area (Å²) in [6, 6.07) is 4.77. The van der Waals surface area contributed by atoms with Crippen molar-refractivity contribution in [2.75, 3.05) is 0 Å². The number of esters is 1. The van der Waals surface area contributed by atoms with Crippen molar-refractivity contribution in [1.82, 2.24) is 0 Å². The highest BCUT2D eigenvalue weighted by atomic mass is 79.9. The van der Waals surface area contributed by atoms with E-state index < -0.39 is 39.4 Å². The third-order valence-corrected chi connectivity index (χ3v) is 9.38. The first-order valence-corrected chi connectivity index (χ1v) is 11.9. The van der Waals surface area contributed by atoms with Gasteiger partial charge in [-0.25, -0.2) is 0 Å². The lowest BCUT2D eigenvalue weighted by Crippen LogP contribution is -2.60. The molecular formula is C22H22BrF3O3S. The Morgan fingerprint density at radius 3 is 2.30 bits per heavy atom. The second-order valence-electron chi connectivity index (χ2n) is 9.56. The number of halogens is 4. The van der Waals surface area contributed by atoms with Gasteiger partial charge in [-0.3, -0.25) is 9.59 Å². The van der Waals surface area contributed by atoms with E-state index in [0.717, 1.165) is 25.7 Å². The average molecular weight is 503 g/mol. The highest BCUT2D eigenvalue weighted by Gasteiger charge is 2.63. The molecule has 1 atom stereocenters. The van der Waals surface area contributed by atoms with Crippen LogP contribution >= 0.6 is 27.7 Å². The number of rotatable bonds is 3. The highest BCUT2D eigenvalue weighted by Crippen LogP contribution is 2.60. The standard InChI is InChI=1S/C22H22BrF3O3S/c1-20(14-5-11-4-12(7-14)8-15(20)6-11)29-19(28)21(30-22(24,25)26)10-13-2-3-16(23)9-17(13)18(21)27/h2-3,9,11-12,14-15H,4-8,10H2,1H3. The molecular weight excluding hydrogens is 481 g/mol. The average Bonchev–Trinajstić information content (AvgIpc) is 2.91. The zero-order valence-corrected chi connectivity index (χ0v) is 18.8. The maximum Gasteiger partial charge on any atom is 0.443 e. The van der Waals surface area contributed by atoms with E-state index in [1.807, 2.05) is 6.92 Å². The first-order valence-electron chi connectivity index (χ1n) is 10.3. The third kappa shape index (κ3) is 3.15. The Balaban J connectivity index is 1.49. The normalized spacial score (nSPS) is 39.3. The van der Waals surface area contributed by atoms with Gasteiger partial charge >= 0.3 is 11.5 Å². The number of benzene rings is 1. The van der Waals surface area contributed by atoms with Crippen molar-refractivity contribution in [1.29, 1.82) is 0 Å². The molecule has 4 fully saturated rings. The van der Waals surface area contributed by atoms with E-state index in [2.05, 4.69) is 15.9 Å². The van der Waals surface area contributed by atoms with Gasteiger partial charge < -0.3 is 4.74 Å². The van der Waals surface area contributed by atoms with Gasteiger partial charge in [0.25, 0.3) is 0 Å². The molecule has 0 radical (unpaired) electrons. The SMILES string of the molecule is CC1(OC(=O)C2(SC(F)(F)F)Cc3ccc(Br)cc3C2=O)C2CC3CC(C2)CC1C3. The number of thioether (sulfide) groups is 1. The molecule has 0 amide bonds. The van der Waals surface area contributed by atoms with Gasteiger partial charge in [-0.1, -0.05) is 22.0 Å². The number of fused-ring (bicyclic) bond motifs is 1. The summed E-state index contributed by atoms with van der Waals surface area (Å²) in [5.74, 6) is -0.243. The number of carbonyl (C=O) groups is 2. The van der Waals surface area contributed by atoms with Crippen molar-refractivity contribution >= 4 is 39.4 Å². The van der Waals surface area contributed by atoms with Crippen molar-refractivity contribution in [3.05, 3.63) is 33.8 Å². The monoisotopic (exact) mass is 502 g/mol. The fraction of sp³-hybridized carbons (Fsp3) is 0.636. The molecule has 4 saturated carbocycles. The van der Waals surface area contributed by atoms with E-state index in [-0.39, 0.29) is 23.8 Å². The Morgan fingerprint density at radius 2 is 1.73 bits per heavy atom. The van der Waals surface area contributed by atoms with Crippen molar-refractivity contribution in [3.8, 4) is 0 Å². The van der Waals surface area contributed by atoms with Crippen molar-refractivity contribution in [2.45, 2.75) is 61.3 Å². The molecule has 1 aromatic carbocycles. The van der Waals surface area contributed by atoms with Gasteiger partial charge in [0.1, 0.15) is 5.60 Å². The first-order chi connectivity index (χ1) is 14.0. The van der Waals surface area contributed by atoms with Crippen LogP contribution in [0.25, 0.3) is 0 Å². The Labute approximate surface area is 185 Å². The lowest BCUT2D eigenvalue weighted by atomic mass is 9.50. The van der Waals surface area contributed by atoms with Gasteiger partial charge in [0, 0.05) is 16.5 Å². The molecule has 3 nitrogen and oxygen atoms in total. The van der Waals surface area contributed by atoms with Crippen LogP contribution in [-0.2, 0) is 16.0 Å². The minimum Gasteiger partial charge on any atom is -0.457 e. The summed E-state index contributed by atoms with van der Waals surface area (Å²) in [5, 5.41) is 0. The summed E-state index contributed by atoms with van der Waals surface area (Å²) >= 11 is 2.74. The van der Waals surface area contributed by atoms with Gasteiger partial charge in [-0.05, 0) is 92.2 Å². The molecule has 1 aromatic rings. The van der Waals surface area contributed by atoms with Crippen LogP contribution in [0.1, 0.15) is 54.9 Å². The molecule has 0 heterocycles. The van der Waals surface area contributed by atoms with E-state index in [9.17, 15) is 22.8 Å². The van der Waals surface area contributed by atoms with Crippen LogP contribution < -0.4 is 0 Å². The van der Waals surface area contributed by atoms with Gasteiger partial charge in [-0.15, -0.1) is 0 Å². The molecule has 0 saturated heterocycles. The quantitative estimate of drug-likeness (QED) is 0.379. The van der Waals surface area contributed by atoms with Crippen LogP contribution in [0.4, 0.5) is 13.2 Å². The smallest absolute Gasteiger partial charge is 0.443 e. The van der Waals surface area contributed by atoms with Crippen LogP contribution in [0.3, 0.4) is 0 Å². The molecule has 0 aromatic heterocycles. The molecule has 6 rings (SSSR count). The number of Topliss-reactive ketones (excluding diaryl/α,β-unsaturated/α-hetero) is 1. The fourth-order valence-electron chi connectivity index (χ4n) is 6.54. The molecule has 8 heteroatoms. The molecule has 1 unspecified atom stereocenters. The topological polar surface area (TPSA) is 43.4 Å². The molecule has 4 bridgehead atoms. The Morgan fingerprint density at radius 1 is 1.13 bits per heavy atom. The number of carbonyl (C=O) groups excluding carboxylic acids is 2. The van der Waals surface area contributed by atoms with Crippen LogP contribution in [0.2, 0.25) is 0 Å². The lowest BCUT2D eigenvalue weighted by molar-refractivity contribution is -0.204. The number of ether oxygens (including phenoxy) is 1. The second-order valence-corrected chi connectivity index (χ2v) is 11.8. The van der Waals surface area contributed by atoms with Crippen LogP contribution in [0.15, 0.2) is 22.7 Å². The van der Waals surface area contributed by atoms with E-state index in [1.54, 1.807) is 12.1 Å². The van der Waals surface area contributed by atoms with Crippen LogP contribution in [0, 0.1) is 23.7 Å². The molecule has 30 heavy (non-hydrogen) atoms. The molecule has 162 valence electrons. The Bertz CT molecular complexity index is 903. The summed E-state index contributed by atoms with van der Waals surface area (Å²) in [5.41, 5.74) is -4.92. The maximum absolute atomic E-state index is 13.5. The summed E-state index contributed by atoms with van der Waals surface area (Å²) < 4.78 is 44.9. The molecule has 5 aliphatic rings. The van der Waals surface area contributed by atoms with Gasteiger partial charge in [0.2, 0.25) is 0 Å². The largest absolute Gasteiger partial charge is 0.457 e. The van der Waals surface area contributed by atoms with Crippen LogP contribution in [-0.4, -0.2) is 27.6 Å².